The molecule has 0 spiro atoms. The number of rotatable bonds is 7. The predicted molar refractivity (Wildman–Crippen MR) is 99.5 cm³/mol. The monoisotopic (exact) mass is 331 g/mol. The van der Waals surface area contributed by atoms with Crippen LogP contribution in [0.15, 0.2) is 84.9 Å². The Kier molecular flexibility index (Phi) is 5.83. The zero-order valence-electron chi connectivity index (χ0n) is 14.0. The topological polar surface area (TPSA) is 38.3 Å². The van der Waals surface area contributed by atoms with Crippen LogP contribution in [0.25, 0.3) is 0 Å². The summed E-state index contributed by atoms with van der Waals surface area (Å²) in [5, 5.41) is 2.85. The molecule has 0 aromatic heterocycles. The molecule has 3 rings (SSSR count). The minimum atomic E-state index is -0.128. The fourth-order valence-corrected chi connectivity index (χ4v) is 2.53. The second-order valence-corrected chi connectivity index (χ2v) is 5.86. The van der Waals surface area contributed by atoms with Crippen molar-refractivity contribution in [3.8, 4) is 5.75 Å². The molecule has 3 aromatic rings. The molecule has 0 fully saturated rings. The van der Waals surface area contributed by atoms with Crippen molar-refractivity contribution in [3.63, 3.8) is 0 Å². The van der Waals surface area contributed by atoms with Gasteiger partial charge in [0.05, 0.1) is 0 Å². The van der Waals surface area contributed by atoms with E-state index in [4.69, 9.17) is 4.74 Å². The predicted octanol–water partition coefficient (Wildman–Crippen LogP) is 3.97. The molecule has 3 nitrogen and oxygen atoms in total. The van der Waals surface area contributed by atoms with Gasteiger partial charge in [0.25, 0.3) is 5.91 Å². The van der Waals surface area contributed by atoms with Crippen molar-refractivity contribution in [2.75, 3.05) is 6.61 Å². The van der Waals surface area contributed by atoms with Crippen molar-refractivity contribution >= 4 is 5.91 Å². The van der Waals surface area contributed by atoms with Crippen LogP contribution in [-0.2, 0) is 17.8 Å². The first kappa shape index (κ1) is 16.8. The molecule has 0 atom stereocenters. The number of hydrogen-bond acceptors (Lipinski definition) is 2. The average molecular weight is 331 g/mol. The number of hydrogen-bond donors (Lipinski definition) is 1. The molecule has 0 aliphatic rings. The number of amides is 1. The summed E-state index contributed by atoms with van der Waals surface area (Å²) in [6.45, 7) is 0.532. The smallest absolute Gasteiger partial charge is 0.258 e. The second kappa shape index (κ2) is 8.69. The SMILES string of the molecule is O=C(COc1ccc(Cc2ccccc2)cc1)NCc1ccccc1. The van der Waals surface area contributed by atoms with E-state index in [1.54, 1.807) is 0 Å². The van der Waals surface area contributed by atoms with Crippen LogP contribution >= 0.6 is 0 Å². The molecular formula is C22H21NO2. The van der Waals surface area contributed by atoms with Crippen molar-refractivity contribution in [1.29, 1.82) is 0 Å². The standard InChI is InChI=1S/C22H21NO2/c24-22(23-16-20-9-5-2-6-10-20)17-25-21-13-11-19(12-14-21)15-18-7-3-1-4-8-18/h1-14H,15-17H2,(H,23,24). The van der Waals surface area contributed by atoms with Crippen LogP contribution < -0.4 is 10.1 Å². The first-order valence-electron chi connectivity index (χ1n) is 8.36. The molecule has 0 heterocycles. The molecule has 0 unspecified atom stereocenters. The molecule has 126 valence electrons. The van der Waals surface area contributed by atoms with Gasteiger partial charge < -0.3 is 10.1 Å². The van der Waals surface area contributed by atoms with Crippen molar-refractivity contribution in [2.24, 2.45) is 0 Å². The van der Waals surface area contributed by atoms with Gasteiger partial charge in [-0.25, -0.2) is 0 Å². The Morgan fingerprint density at radius 2 is 1.28 bits per heavy atom. The van der Waals surface area contributed by atoms with E-state index in [-0.39, 0.29) is 12.5 Å². The second-order valence-electron chi connectivity index (χ2n) is 5.86. The first-order valence-corrected chi connectivity index (χ1v) is 8.36. The van der Waals surface area contributed by atoms with Gasteiger partial charge in [0.2, 0.25) is 0 Å². The van der Waals surface area contributed by atoms with Crippen LogP contribution in [0, 0.1) is 0 Å². The Bertz CT molecular complexity index is 783. The molecule has 25 heavy (non-hydrogen) atoms. The molecule has 0 aliphatic carbocycles. The summed E-state index contributed by atoms with van der Waals surface area (Å²) in [4.78, 5) is 11.9. The van der Waals surface area contributed by atoms with Crippen LogP contribution in [0.2, 0.25) is 0 Å². The first-order chi connectivity index (χ1) is 12.3. The van der Waals surface area contributed by atoms with E-state index in [9.17, 15) is 4.79 Å². The van der Waals surface area contributed by atoms with Gasteiger partial charge in [-0.2, -0.15) is 0 Å². The summed E-state index contributed by atoms with van der Waals surface area (Å²) in [5.41, 5.74) is 3.56. The normalized spacial score (nSPS) is 10.2. The van der Waals surface area contributed by atoms with Crippen LogP contribution in [0.1, 0.15) is 16.7 Å². The minimum Gasteiger partial charge on any atom is -0.484 e. The zero-order chi connectivity index (χ0) is 17.3. The molecule has 1 amide bonds. The lowest BCUT2D eigenvalue weighted by molar-refractivity contribution is -0.123. The van der Waals surface area contributed by atoms with E-state index in [1.165, 1.54) is 11.1 Å². The van der Waals surface area contributed by atoms with Crippen LogP contribution in [0.5, 0.6) is 5.75 Å². The molecule has 1 N–H and O–H groups in total. The third-order valence-corrected chi connectivity index (χ3v) is 3.88. The van der Waals surface area contributed by atoms with E-state index in [2.05, 4.69) is 17.4 Å². The van der Waals surface area contributed by atoms with Gasteiger partial charge in [-0.3, -0.25) is 4.79 Å². The van der Waals surface area contributed by atoms with Crippen LogP contribution in [0.4, 0.5) is 0 Å². The zero-order valence-corrected chi connectivity index (χ0v) is 14.0. The summed E-state index contributed by atoms with van der Waals surface area (Å²) >= 11 is 0. The lowest BCUT2D eigenvalue weighted by Gasteiger charge is -2.08. The minimum absolute atomic E-state index is 0.0187. The average Bonchev–Trinajstić information content (AvgIpc) is 2.67. The van der Waals surface area contributed by atoms with Crippen molar-refractivity contribution in [1.82, 2.24) is 5.32 Å². The highest BCUT2D eigenvalue weighted by Gasteiger charge is 2.03. The van der Waals surface area contributed by atoms with E-state index in [1.807, 2.05) is 72.8 Å². The third kappa shape index (κ3) is 5.50. The van der Waals surface area contributed by atoms with Crippen LogP contribution in [0.3, 0.4) is 0 Å². The van der Waals surface area contributed by atoms with E-state index in [0.29, 0.717) is 12.3 Å². The van der Waals surface area contributed by atoms with Gasteiger partial charge in [0, 0.05) is 6.54 Å². The van der Waals surface area contributed by atoms with Gasteiger partial charge in [-0.1, -0.05) is 72.8 Å². The highest BCUT2D eigenvalue weighted by Crippen LogP contribution is 2.15. The summed E-state index contributed by atoms with van der Waals surface area (Å²) in [6, 6.07) is 28.0. The maximum absolute atomic E-state index is 11.9. The molecule has 3 heteroatoms. The number of carbonyl (C=O) groups excluding carboxylic acids is 1. The summed E-state index contributed by atoms with van der Waals surface area (Å²) < 4.78 is 5.55. The summed E-state index contributed by atoms with van der Waals surface area (Å²) in [7, 11) is 0. The molecule has 0 saturated carbocycles. The third-order valence-electron chi connectivity index (χ3n) is 3.88. The number of carbonyl (C=O) groups is 1. The van der Waals surface area contributed by atoms with Gasteiger partial charge in [0.1, 0.15) is 5.75 Å². The molecule has 0 saturated heterocycles. The van der Waals surface area contributed by atoms with Crippen LogP contribution in [-0.4, -0.2) is 12.5 Å². The van der Waals surface area contributed by atoms with Gasteiger partial charge in [-0.15, -0.1) is 0 Å². The highest BCUT2D eigenvalue weighted by molar-refractivity contribution is 5.77. The highest BCUT2D eigenvalue weighted by atomic mass is 16.5. The maximum atomic E-state index is 11.9. The lowest BCUT2D eigenvalue weighted by Crippen LogP contribution is -2.28. The lowest BCUT2D eigenvalue weighted by atomic mass is 10.1. The number of ether oxygens (including phenoxy) is 1. The Morgan fingerprint density at radius 1 is 0.720 bits per heavy atom. The van der Waals surface area contributed by atoms with Crippen molar-refractivity contribution in [3.05, 3.63) is 102 Å². The fourth-order valence-electron chi connectivity index (χ4n) is 2.53. The fraction of sp³-hybridized carbons (Fsp3) is 0.136. The van der Waals surface area contributed by atoms with E-state index < -0.39 is 0 Å². The Labute approximate surface area is 148 Å². The maximum Gasteiger partial charge on any atom is 0.258 e. The van der Waals surface area contributed by atoms with Crippen molar-refractivity contribution < 1.29 is 9.53 Å². The Balaban J connectivity index is 1.44. The molecule has 0 aliphatic heterocycles. The van der Waals surface area contributed by atoms with Gasteiger partial charge in [0.15, 0.2) is 6.61 Å². The van der Waals surface area contributed by atoms with Crippen molar-refractivity contribution in [2.45, 2.75) is 13.0 Å². The summed E-state index contributed by atoms with van der Waals surface area (Å²) in [6.07, 6.45) is 0.888. The number of benzene rings is 3. The summed E-state index contributed by atoms with van der Waals surface area (Å²) in [5.74, 6) is 0.573. The Hall–Kier alpha value is -3.07. The number of nitrogens with one attached hydrogen (secondary N) is 1. The van der Waals surface area contributed by atoms with Gasteiger partial charge in [-0.05, 0) is 35.2 Å². The Morgan fingerprint density at radius 3 is 1.92 bits per heavy atom. The molecular weight excluding hydrogens is 310 g/mol. The van der Waals surface area contributed by atoms with E-state index in [0.717, 1.165) is 12.0 Å². The molecule has 0 bridgehead atoms. The molecule has 3 aromatic carbocycles. The quantitative estimate of drug-likeness (QED) is 0.711. The largest absolute Gasteiger partial charge is 0.484 e. The van der Waals surface area contributed by atoms with Gasteiger partial charge >= 0.3 is 0 Å². The van der Waals surface area contributed by atoms with E-state index >= 15 is 0 Å². The molecule has 0 radical (unpaired) electrons.